The first-order valence-electron chi connectivity index (χ1n) is 10.4. The molecule has 1 amide bonds. The second-order valence-electron chi connectivity index (χ2n) is 7.52. The minimum Gasteiger partial charge on any atom is -0.455 e. The number of ether oxygens (including phenoxy) is 1. The molecule has 2 N–H and O–H groups in total. The number of carbonyl (C=O) groups is 3. The molecule has 0 spiro atoms. The minimum absolute atomic E-state index is 0.0285. The summed E-state index contributed by atoms with van der Waals surface area (Å²) in [7, 11) is -3.91. The summed E-state index contributed by atoms with van der Waals surface area (Å²) < 4.78 is 31.8. The van der Waals surface area contributed by atoms with E-state index in [0.29, 0.717) is 5.56 Å². The highest BCUT2D eigenvalue weighted by Crippen LogP contribution is 2.19. The van der Waals surface area contributed by atoms with Gasteiger partial charge in [-0.3, -0.25) is 14.4 Å². The van der Waals surface area contributed by atoms with Gasteiger partial charge in [-0.2, -0.15) is 4.72 Å². The highest BCUT2D eigenvalue weighted by atomic mass is 32.2. The van der Waals surface area contributed by atoms with E-state index >= 15 is 0 Å². The first-order chi connectivity index (χ1) is 16.2. The molecule has 0 aliphatic carbocycles. The Morgan fingerprint density at radius 3 is 2.24 bits per heavy atom. The van der Waals surface area contributed by atoms with Gasteiger partial charge in [0.1, 0.15) is 6.54 Å². The van der Waals surface area contributed by atoms with Crippen molar-refractivity contribution < 1.29 is 27.5 Å². The average Bonchev–Trinajstić information content (AvgIpc) is 2.83. The zero-order chi connectivity index (χ0) is 24.7. The molecule has 9 heteroatoms. The van der Waals surface area contributed by atoms with E-state index in [1.54, 1.807) is 67.6 Å². The monoisotopic (exact) mass is 480 g/mol. The molecule has 0 unspecified atom stereocenters. The first-order valence-corrected chi connectivity index (χ1v) is 11.9. The molecular weight excluding hydrogens is 456 g/mol. The van der Waals surface area contributed by atoms with Crippen molar-refractivity contribution in [3.8, 4) is 0 Å². The third kappa shape index (κ3) is 6.37. The number of rotatable bonds is 9. The van der Waals surface area contributed by atoms with Crippen molar-refractivity contribution >= 4 is 33.4 Å². The number of carbonyl (C=O) groups excluding carboxylic acids is 3. The maximum absolute atomic E-state index is 12.7. The quantitative estimate of drug-likeness (QED) is 0.359. The molecule has 0 fully saturated rings. The number of esters is 1. The number of hydrogen-bond donors (Lipinski definition) is 2. The number of hydrogen-bond acceptors (Lipinski definition) is 6. The van der Waals surface area contributed by atoms with Crippen molar-refractivity contribution in [2.45, 2.75) is 18.7 Å². The van der Waals surface area contributed by atoms with Gasteiger partial charge in [-0.1, -0.05) is 48.5 Å². The van der Waals surface area contributed by atoms with Crippen LogP contribution < -0.4 is 10.0 Å². The molecule has 0 atom stereocenters. The molecule has 0 radical (unpaired) electrons. The summed E-state index contributed by atoms with van der Waals surface area (Å²) in [6, 6.07) is 19.7. The smallest absolute Gasteiger partial charge is 0.321 e. The fraction of sp³-hybridized carbons (Fsp3) is 0.160. The van der Waals surface area contributed by atoms with Gasteiger partial charge >= 0.3 is 5.97 Å². The minimum atomic E-state index is -3.91. The van der Waals surface area contributed by atoms with Crippen LogP contribution in [0.15, 0.2) is 77.7 Å². The zero-order valence-corrected chi connectivity index (χ0v) is 19.5. The molecule has 34 heavy (non-hydrogen) atoms. The van der Waals surface area contributed by atoms with Crippen molar-refractivity contribution in [1.29, 1.82) is 0 Å². The number of benzene rings is 3. The summed E-state index contributed by atoms with van der Waals surface area (Å²) in [6.07, 6.45) is 0. The molecule has 0 aromatic heterocycles. The molecular formula is C25H24N2O6S. The van der Waals surface area contributed by atoms with Crippen molar-refractivity contribution in [2.24, 2.45) is 0 Å². The number of ketones is 1. The Hall–Kier alpha value is -3.82. The summed E-state index contributed by atoms with van der Waals surface area (Å²) in [6.45, 7) is 2.37. The fourth-order valence-electron chi connectivity index (χ4n) is 3.04. The van der Waals surface area contributed by atoms with Crippen LogP contribution in [0.5, 0.6) is 0 Å². The van der Waals surface area contributed by atoms with Crippen LogP contribution >= 0.6 is 0 Å². The molecule has 0 heterocycles. The van der Waals surface area contributed by atoms with Gasteiger partial charge in [0.25, 0.3) is 5.91 Å². The Morgan fingerprint density at radius 1 is 0.853 bits per heavy atom. The number of para-hydroxylation sites is 1. The lowest BCUT2D eigenvalue weighted by atomic mass is 10.0. The number of amides is 1. The first kappa shape index (κ1) is 24.8. The Labute approximate surface area is 198 Å². The van der Waals surface area contributed by atoms with E-state index in [9.17, 15) is 22.8 Å². The van der Waals surface area contributed by atoms with E-state index in [2.05, 4.69) is 10.0 Å². The molecule has 0 aliphatic heterocycles. The van der Waals surface area contributed by atoms with Gasteiger partial charge in [0.15, 0.2) is 12.4 Å². The summed E-state index contributed by atoms with van der Waals surface area (Å²) in [5.74, 6) is -1.86. The summed E-state index contributed by atoms with van der Waals surface area (Å²) in [5, 5.41) is 2.55. The molecule has 3 rings (SSSR count). The second-order valence-corrected chi connectivity index (χ2v) is 9.29. The molecule has 0 saturated carbocycles. The Kier molecular flexibility index (Phi) is 7.93. The third-order valence-electron chi connectivity index (χ3n) is 5.04. The molecule has 176 valence electrons. The summed E-state index contributed by atoms with van der Waals surface area (Å²) in [4.78, 5) is 37.0. The maximum Gasteiger partial charge on any atom is 0.321 e. The van der Waals surface area contributed by atoms with E-state index < -0.39 is 35.1 Å². The van der Waals surface area contributed by atoms with E-state index in [1.165, 1.54) is 12.1 Å². The average molecular weight is 481 g/mol. The van der Waals surface area contributed by atoms with Crippen LogP contribution in [-0.2, 0) is 24.3 Å². The van der Waals surface area contributed by atoms with Gasteiger partial charge in [-0.05, 0) is 49.2 Å². The van der Waals surface area contributed by atoms with Crippen LogP contribution in [-0.4, -0.2) is 39.2 Å². The van der Waals surface area contributed by atoms with Crippen LogP contribution in [0.1, 0.15) is 27.0 Å². The summed E-state index contributed by atoms with van der Waals surface area (Å²) in [5.41, 5.74) is 2.76. The van der Waals surface area contributed by atoms with E-state index in [4.69, 9.17) is 4.74 Å². The highest BCUT2D eigenvalue weighted by Gasteiger charge is 2.18. The maximum atomic E-state index is 12.7. The lowest BCUT2D eigenvalue weighted by molar-refractivity contribution is -0.146. The molecule has 3 aromatic carbocycles. The van der Waals surface area contributed by atoms with Crippen LogP contribution in [0, 0.1) is 13.8 Å². The van der Waals surface area contributed by atoms with Crippen LogP contribution in [0.4, 0.5) is 5.69 Å². The predicted octanol–water partition coefficient (Wildman–Crippen LogP) is 2.99. The number of sulfonamides is 1. The fourth-order valence-corrected chi connectivity index (χ4v) is 4.09. The number of aryl methyl sites for hydroxylation is 2. The van der Waals surface area contributed by atoms with Crippen LogP contribution in [0.3, 0.4) is 0 Å². The van der Waals surface area contributed by atoms with E-state index in [0.717, 1.165) is 11.1 Å². The number of anilines is 1. The van der Waals surface area contributed by atoms with Gasteiger partial charge in [0.05, 0.1) is 10.6 Å². The largest absolute Gasteiger partial charge is 0.455 e. The van der Waals surface area contributed by atoms with Crippen LogP contribution in [0.2, 0.25) is 0 Å². The molecule has 0 bridgehead atoms. The zero-order valence-electron chi connectivity index (χ0n) is 18.7. The van der Waals surface area contributed by atoms with Gasteiger partial charge < -0.3 is 10.1 Å². The lowest BCUT2D eigenvalue weighted by Crippen LogP contribution is -2.32. The van der Waals surface area contributed by atoms with Crippen molar-refractivity contribution in [1.82, 2.24) is 4.72 Å². The topological polar surface area (TPSA) is 119 Å². The predicted molar refractivity (Wildman–Crippen MR) is 127 cm³/mol. The van der Waals surface area contributed by atoms with E-state index in [-0.39, 0.29) is 21.9 Å². The Morgan fingerprint density at radius 2 is 1.53 bits per heavy atom. The van der Waals surface area contributed by atoms with E-state index in [1.807, 2.05) is 6.92 Å². The summed E-state index contributed by atoms with van der Waals surface area (Å²) >= 11 is 0. The molecule has 8 nitrogen and oxygen atoms in total. The Balaban J connectivity index is 1.55. The van der Waals surface area contributed by atoms with Crippen molar-refractivity contribution in [3.63, 3.8) is 0 Å². The van der Waals surface area contributed by atoms with Crippen molar-refractivity contribution in [2.75, 3.05) is 18.5 Å². The van der Waals surface area contributed by atoms with Gasteiger partial charge in [0, 0.05) is 11.1 Å². The normalized spacial score (nSPS) is 11.0. The SMILES string of the molecule is Cc1ccc(S(=O)(=O)NCC(=O)OCC(=O)Nc2ccccc2C(=O)c2ccccc2)cc1C. The number of nitrogens with one attached hydrogen (secondary N) is 2. The third-order valence-corrected chi connectivity index (χ3v) is 6.44. The van der Waals surface area contributed by atoms with Gasteiger partial charge in [-0.15, -0.1) is 0 Å². The molecule has 3 aromatic rings. The lowest BCUT2D eigenvalue weighted by Gasteiger charge is -2.11. The second kappa shape index (κ2) is 10.9. The molecule has 0 aliphatic rings. The standard InChI is InChI=1S/C25H24N2O6S/c1-17-12-13-20(14-18(17)2)34(31,32)26-15-24(29)33-16-23(28)27-22-11-7-6-10-21(22)25(30)19-8-4-3-5-9-19/h3-14,26H,15-16H2,1-2H3,(H,27,28). The highest BCUT2D eigenvalue weighted by molar-refractivity contribution is 7.89. The van der Waals surface area contributed by atoms with Crippen LogP contribution in [0.25, 0.3) is 0 Å². The van der Waals surface area contributed by atoms with Gasteiger partial charge in [0.2, 0.25) is 10.0 Å². The Bertz CT molecular complexity index is 1320. The van der Waals surface area contributed by atoms with Crippen molar-refractivity contribution in [3.05, 3.63) is 95.1 Å². The molecule has 0 saturated heterocycles. The van der Waals surface area contributed by atoms with Gasteiger partial charge in [-0.25, -0.2) is 8.42 Å².